The highest BCUT2D eigenvalue weighted by Gasteiger charge is 2.35. The molecule has 1 N–H and O–H groups in total. The zero-order valence-corrected chi connectivity index (χ0v) is 14.5. The number of hydrogen-bond donors (Lipinski definition) is 1. The van der Waals surface area contributed by atoms with Gasteiger partial charge in [-0.25, -0.2) is 0 Å². The molecule has 1 saturated carbocycles. The van der Waals surface area contributed by atoms with Crippen LogP contribution in [0.1, 0.15) is 51.7 Å². The van der Waals surface area contributed by atoms with Crippen molar-refractivity contribution < 1.29 is 9.84 Å². The molecule has 0 radical (unpaired) electrons. The quantitative estimate of drug-likeness (QED) is 0.850. The molecule has 3 unspecified atom stereocenters. The second-order valence-electron chi connectivity index (χ2n) is 7.77. The highest BCUT2D eigenvalue weighted by molar-refractivity contribution is 5.83. The van der Waals surface area contributed by atoms with Crippen molar-refractivity contribution in [2.45, 2.75) is 52.2 Å². The van der Waals surface area contributed by atoms with E-state index < -0.39 is 0 Å². The van der Waals surface area contributed by atoms with E-state index in [1.54, 1.807) is 0 Å². The highest BCUT2D eigenvalue weighted by atomic mass is 16.5. The molecule has 2 aromatic rings. The zero-order chi connectivity index (χ0) is 16.4. The normalized spacial score (nSPS) is 25.4. The number of hydrogen-bond acceptors (Lipinski definition) is 2. The Hall–Kier alpha value is -1.38. The molecule has 0 aromatic heterocycles. The predicted octanol–water partition coefficient (Wildman–Crippen LogP) is 5.10. The molecule has 2 nitrogen and oxygen atoms in total. The summed E-state index contributed by atoms with van der Waals surface area (Å²) in [6, 6.07) is 15.0. The number of benzene rings is 2. The SMILES string of the molecule is CC(OC1CCC(C)(C)CC1CO)c1ccc2ccccc2c1. The van der Waals surface area contributed by atoms with E-state index in [0.717, 1.165) is 12.8 Å². The van der Waals surface area contributed by atoms with Gasteiger partial charge in [-0.3, -0.25) is 0 Å². The molecule has 0 bridgehead atoms. The first kappa shape index (κ1) is 16.5. The maximum absolute atomic E-state index is 9.74. The molecule has 1 fully saturated rings. The summed E-state index contributed by atoms with van der Waals surface area (Å²) >= 11 is 0. The molecule has 1 aliphatic carbocycles. The molecule has 23 heavy (non-hydrogen) atoms. The molecular formula is C21H28O2. The number of rotatable bonds is 4. The lowest BCUT2D eigenvalue weighted by Crippen LogP contribution is -2.37. The minimum absolute atomic E-state index is 0.0554. The Morgan fingerprint density at radius 1 is 1.17 bits per heavy atom. The molecule has 0 heterocycles. The number of aliphatic hydroxyl groups is 1. The van der Waals surface area contributed by atoms with Crippen LogP contribution in [0.15, 0.2) is 42.5 Å². The molecule has 3 rings (SSSR count). The van der Waals surface area contributed by atoms with Crippen LogP contribution in [-0.4, -0.2) is 17.8 Å². The second kappa shape index (κ2) is 6.62. The van der Waals surface area contributed by atoms with Crippen LogP contribution in [0.4, 0.5) is 0 Å². The molecular weight excluding hydrogens is 284 g/mol. The Labute approximate surface area is 139 Å². The Morgan fingerprint density at radius 3 is 2.65 bits per heavy atom. The fourth-order valence-electron chi connectivity index (χ4n) is 3.87. The van der Waals surface area contributed by atoms with Gasteiger partial charge in [-0.2, -0.15) is 0 Å². The Balaban J connectivity index is 1.73. The van der Waals surface area contributed by atoms with Crippen molar-refractivity contribution >= 4 is 10.8 Å². The predicted molar refractivity (Wildman–Crippen MR) is 95.4 cm³/mol. The molecule has 0 spiro atoms. The van der Waals surface area contributed by atoms with Crippen molar-refractivity contribution in [2.75, 3.05) is 6.61 Å². The van der Waals surface area contributed by atoms with Crippen LogP contribution in [0, 0.1) is 11.3 Å². The summed E-state index contributed by atoms with van der Waals surface area (Å²) in [5, 5.41) is 12.3. The Morgan fingerprint density at radius 2 is 1.91 bits per heavy atom. The summed E-state index contributed by atoms with van der Waals surface area (Å²) in [5.74, 6) is 0.252. The third-order valence-corrected chi connectivity index (χ3v) is 5.30. The van der Waals surface area contributed by atoms with E-state index in [1.807, 2.05) is 0 Å². The lowest BCUT2D eigenvalue weighted by Gasteiger charge is -2.40. The van der Waals surface area contributed by atoms with Crippen LogP contribution >= 0.6 is 0 Å². The monoisotopic (exact) mass is 312 g/mol. The molecule has 124 valence electrons. The van der Waals surface area contributed by atoms with Crippen molar-refractivity contribution in [3.8, 4) is 0 Å². The molecule has 0 aliphatic heterocycles. The van der Waals surface area contributed by atoms with Gasteiger partial charge in [-0.05, 0) is 54.0 Å². The minimum atomic E-state index is 0.0554. The van der Waals surface area contributed by atoms with Crippen LogP contribution in [-0.2, 0) is 4.74 Å². The topological polar surface area (TPSA) is 29.5 Å². The van der Waals surface area contributed by atoms with E-state index >= 15 is 0 Å². The fourth-order valence-corrected chi connectivity index (χ4v) is 3.87. The van der Waals surface area contributed by atoms with E-state index in [0.29, 0.717) is 5.41 Å². The smallest absolute Gasteiger partial charge is 0.0800 e. The van der Waals surface area contributed by atoms with Crippen LogP contribution in [0.5, 0.6) is 0 Å². The molecule has 3 atom stereocenters. The van der Waals surface area contributed by atoms with Crippen LogP contribution in [0.3, 0.4) is 0 Å². The summed E-state index contributed by atoms with van der Waals surface area (Å²) in [7, 11) is 0. The largest absolute Gasteiger partial charge is 0.396 e. The van der Waals surface area contributed by atoms with Gasteiger partial charge in [0.1, 0.15) is 0 Å². The zero-order valence-electron chi connectivity index (χ0n) is 14.5. The first-order valence-electron chi connectivity index (χ1n) is 8.73. The standard InChI is InChI=1S/C21H28O2/c1-15(17-9-8-16-6-4-5-7-18(16)12-17)23-20-10-11-21(2,3)13-19(20)14-22/h4-9,12,15,19-20,22H,10-11,13-14H2,1-3H3. The Kier molecular flexibility index (Phi) is 4.74. The van der Waals surface area contributed by atoms with E-state index in [2.05, 4.69) is 63.2 Å². The fraction of sp³-hybridized carbons (Fsp3) is 0.524. The minimum Gasteiger partial charge on any atom is -0.396 e. The summed E-state index contributed by atoms with van der Waals surface area (Å²) in [6.07, 6.45) is 3.46. The van der Waals surface area contributed by atoms with E-state index in [9.17, 15) is 5.11 Å². The average Bonchev–Trinajstić information content (AvgIpc) is 2.55. The summed E-state index contributed by atoms with van der Waals surface area (Å²) in [6.45, 7) is 6.92. The van der Waals surface area contributed by atoms with E-state index in [1.165, 1.54) is 22.8 Å². The van der Waals surface area contributed by atoms with Crippen molar-refractivity contribution in [3.63, 3.8) is 0 Å². The van der Waals surface area contributed by atoms with Gasteiger partial charge in [0.2, 0.25) is 0 Å². The summed E-state index contributed by atoms with van der Waals surface area (Å²) < 4.78 is 6.36. The first-order chi connectivity index (χ1) is 11.0. The number of fused-ring (bicyclic) bond motifs is 1. The maximum atomic E-state index is 9.74. The summed E-state index contributed by atoms with van der Waals surface area (Å²) in [5.41, 5.74) is 1.53. The molecule has 1 aliphatic rings. The third kappa shape index (κ3) is 3.76. The third-order valence-electron chi connectivity index (χ3n) is 5.30. The Bertz CT molecular complexity index is 662. The van der Waals surface area contributed by atoms with Gasteiger partial charge >= 0.3 is 0 Å². The highest BCUT2D eigenvalue weighted by Crippen LogP contribution is 2.41. The lowest BCUT2D eigenvalue weighted by atomic mass is 9.71. The van der Waals surface area contributed by atoms with E-state index in [4.69, 9.17) is 4.74 Å². The van der Waals surface area contributed by atoms with Gasteiger partial charge in [0.25, 0.3) is 0 Å². The van der Waals surface area contributed by atoms with Gasteiger partial charge in [0, 0.05) is 12.5 Å². The van der Waals surface area contributed by atoms with Gasteiger partial charge < -0.3 is 9.84 Å². The van der Waals surface area contributed by atoms with Crippen LogP contribution in [0.2, 0.25) is 0 Å². The summed E-state index contributed by atoms with van der Waals surface area (Å²) in [4.78, 5) is 0. The molecule has 0 amide bonds. The van der Waals surface area contributed by atoms with Crippen molar-refractivity contribution in [1.29, 1.82) is 0 Å². The molecule has 0 saturated heterocycles. The number of ether oxygens (including phenoxy) is 1. The van der Waals surface area contributed by atoms with Gasteiger partial charge in [0.05, 0.1) is 12.2 Å². The lowest BCUT2D eigenvalue weighted by molar-refractivity contribution is -0.0863. The van der Waals surface area contributed by atoms with Crippen LogP contribution < -0.4 is 0 Å². The van der Waals surface area contributed by atoms with Gasteiger partial charge in [0.15, 0.2) is 0 Å². The second-order valence-corrected chi connectivity index (χ2v) is 7.77. The van der Waals surface area contributed by atoms with Crippen molar-refractivity contribution in [3.05, 3.63) is 48.0 Å². The van der Waals surface area contributed by atoms with Crippen molar-refractivity contribution in [1.82, 2.24) is 0 Å². The maximum Gasteiger partial charge on any atom is 0.0800 e. The number of aliphatic hydroxyl groups excluding tert-OH is 1. The van der Waals surface area contributed by atoms with E-state index in [-0.39, 0.29) is 24.7 Å². The molecule has 2 aromatic carbocycles. The van der Waals surface area contributed by atoms with Crippen molar-refractivity contribution in [2.24, 2.45) is 11.3 Å². The first-order valence-corrected chi connectivity index (χ1v) is 8.73. The molecule has 2 heteroatoms. The van der Waals surface area contributed by atoms with Crippen LogP contribution in [0.25, 0.3) is 10.8 Å². The average molecular weight is 312 g/mol. The van der Waals surface area contributed by atoms with Gasteiger partial charge in [-0.1, -0.05) is 50.2 Å². The van der Waals surface area contributed by atoms with Gasteiger partial charge in [-0.15, -0.1) is 0 Å².